The Morgan fingerprint density at radius 2 is 1.60 bits per heavy atom. The van der Waals surface area contributed by atoms with Gasteiger partial charge in [0.25, 0.3) is 0 Å². The van der Waals surface area contributed by atoms with Crippen LogP contribution in [0.25, 0.3) is 27.1 Å². The van der Waals surface area contributed by atoms with Crippen LogP contribution in [0.3, 0.4) is 0 Å². The second-order valence-electron chi connectivity index (χ2n) is 9.56. The zero-order valence-corrected chi connectivity index (χ0v) is 20.3. The number of hydrogen-bond acceptors (Lipinski definition) is 4. The lowest BCUT2D eigenvalue weighted by Crippen LogP contribution is -2.49. The first-order valence-electron chi connectivity index (χ1n) is 12.2. The van der Waals surface area contributed by atoms with Gasteiger partial charge in [-0.25, -0.2) is 9.78 Å². The third kappa shape index (κ3) is 4.55. The lowest BCUT2D eigenvalue weighted by molar-refractivity contribution is -0.483. The van der Waals surface area contributed by atoms with Crippen molar-refractivity contribution in [3.63, 3.8) is 0 Å². The molecule has 0 amide bonds. The first-order valence-corrected chi connectivity index (χ1v) is 12.6. The van der Waals surface area contributed by atoms with Crippen molar-refractivity contribution in [1.29, 1.82) is 0 Å². The summed E-state index contributed by atoms with van der Waals surface area (Å²) in [6, 6.07) is 27.4. The van der Waals surface area contributed by atoms with E-state index in [1.54, 1.807) is 0 Å². The predicted octanol–water partition coefficient (Wildman–Crippen LogP) is 7.76. The summed E-state index contributed by atoms with van der Waals surface area (Å²) in [5.74, 6) is -0.672. The Bertz CT molecular complexity index is 1370. The third-order valence-corrected chi connectivity index (χ3v) is 7.53. The first kappa shape index (κ1) is 22.6. The van der Waals surface area contributed by atoms with Crippen molar-refractivity contribution in [1.82, 2.24) is 0 Å². The van der Waals surface area contributed by atoms with Crippen LogP contribution in [0.2, 0.25) is 5.02 Å². The monoisotopic (exact) mass is 485 g/mol. The van der Waals surface area contributed by atoms with Crippen LogP contribution in [-0.2, 0) is 14.5 Å². The number of rotatable bonds is 4. The molecule has 35 heavy (non-hydrogen) atoms. The molecular formula is C30H28ClNO3. The van der Waals surface area contributed by atoms with E-state index in [9.17, 15) is 0 Å². The molecule has 4 nitrogen and oxygen atoms in total. The van der Waals surface area contributed by atoms with Crippen LogP contribution < -0.4 is 5.32 Å². The average Bonchev–Trinajstić information content (AvgIpc) is 2.91. The molecule has 1 spiro atoms. The van der Waals surface area contributed by atoms with Gasteiger partial charge >= 0.3 is 0 Å². The summed E-state index contributed by atoms with van der Waals surface area (Å²) in [5, 5.41) is 9.21. The van der Waals surface area contributed by atoms with Crippen LogP contribution >= 0.6 is 11.6 Å². The van der Waals surface area contributed by atoms with Crippen molar-refractivity contribution in [3.05, 3.63) is 96.0 Å². The molecule has 0 aromatic heterocycles. The van der Waals surface area contributed by atoms with E-state index in [4.69, 9.17) is 26.1 Å². The second-order valence-corrected chi connectivity index (χ2v) is 10.00. The molecule has 1 unspecified atom stereocenters. The van der Waals surface area contributed by atoms with Gasteiger partial charge in [-0.05, 0) is 75.9 Å². The molecule has 5 heteroatoms. The fourth-order valence-corrected chi connectivity index (χ4v) is 5.31. The van der Waals surface area contributed by atoms with Crippen molar-refractivity contribution < 1.29 is 14.5 Å². The van der Waals surface area contributed by atoms with Gasteiger partial charge in [0.15, 0.2) is 0 Å². The van der Waals surface area contributed by atoms with Gasteiger partial charge in [0.1, 0.15) is 6.10 Å². The summed E-state index contributed by atoms with van der Waals surface area (Å²) in [7, 11) is 0. The molecule has 2 aliphatic rings. The molecule has 178 valence electrons. The lowest BCUT2D eigenvalue weighted by atomic mass is 9.89. The Morgan fingerprint density at radius 3 is 2.34 bits per heavy atom. The van der Waals surface area contributed by atoms with Gasteiger partial charge in [0.05, 0.1) is 6.61 Å². The fraction of sp³-hybridized carbons (Fsp3) is 0.267. The van der Waals surface area contributed by atoms with Gasteiger partial charge in [0, 0.05) is 29.6 Å². The normalized spacial score (nSPS) is 24.6. The third-order valence-electron chi connectivity index (χ3n) is 7.28. The molecule has 4 aromatic carbocycles. The zero-order chi connectivity index (χ0) is 23.8. The Hall–Kier alpha value is -2.89. The maximum atomic E-state index is 6.28. The number of ether oxygens (including phenoxy) is 1. The number of benzene rings is 4. The number of nitrogens with one attached hydrogen (secondary N) is 1. The van der Waals surface area contributed by atoms with Gasteiger partial charge < -0.3 is 10.1 Å². The minimum absolute atomic E-state index is 0.335. The molecule has 4 aromatic rings. The van der Waals surface area contributed by atoms with Crippen LogP contribution in [0.1, 0.15) is 31.2 Å². The Balaban J connectivity index is 1.10. The summed E-state index contributed by atoms with van der Waals surface area (Å²) >= 11 is 5.99. The molecule has 1 aliphatic heterocycles. The predicted molar refractivity (Wildman–Crippen MR) is 142 cm³/mol. The quantitative estimate of drug-likeness (QED) is 0.237. The van der Waals surface area contributed by atoms with Gasteiger partial charge in [-0.15, -0.1) is 0 Å². The van der Waals surface area contributed by atoms with E-state index in [-0.39, 0.29) is 6.10 Å². The maximum Gasteiger partial charge on any atom is 0.201 e. The van der Waals surface area contributed by atoms with E-state index >= 15 is 0 Å². The average molecular weight is 486 g/mol. The Morgan fingerprint density at radius 1 is 0.886 bits per heavy atom. The molecular weight excluding hydrogens is 458 g/mol. The van der Waals surface area contributed by atoms with Gasteiger partial charge in [-0.1, -0.05) is 66.7 Å². The highest BCUT2D eigenvalue weighted by Crippen LogP contribution is 2.39. The Labute approximate surface area is 210 Å². The number of anilines is 1. The fourth-order valence-electron chi connectivity index (χ4n) is 5.18. The summed E-state index contributed by atoms with van der Waals surface area (Å²) < 4.78 is 6.28. The molecule has 1 saturated carbocycles. The van der Waals surface area contributed by atoms with Gasteiger partial charge in [0.2, 0.25) is 5.79 Å². The van der Waals surface area contributed by atoms with E-state index in [2.05, 4.69) is 66.5 Å². The summed E-state index contributed by atoms with van der Waals surface area (Å²) in [4.78, 5) is 11.8. The van der Waals surface area contributed by atoms with Crippen LogP contribution in [0.4, 0.5) is 5.69 Å². The van der Waals surface area contributed by atoms with Gasteiger partial charge in [-0.3, -0.25) is 0 Å². The van der Waals surface area contributed by atoms with E-state index in [1.165, 1.54) is 21.5 Å². The SMILES string of the molecule is C=C(c1ccc2ccc3ccccc3c2c1)C1COC2(CCC(Nc3ccc(Cl)cc3)CC2)OO1. The molecule has 0 radical (unpaired) electrons. The summed E-state index contributed by atoms with van der Waals surface area (Å²) in [5.41, 5.74) is 2.99. The topological polar surface area (TPSA) is 39.7 Å². The smallest absolute Gasteiger partial charge is 0.201 e. The molecule has 0 bridgehead atoms. The number of hydrogen-bond donors (Lipinski definition) is 1. The molecule has 2 fully saturated rings. The van der Waals surface area contributed by atoms with Crippen LogP contribution in [0.5, 0.6) is 0 Å². The summed E-state index contributed by atoms with van der Waals surface area (Å²) in [6.07, 6.45) is 3.10. The van der Waals surface area contributed by atoms with Crippen molar-refractivity contribution in [2.45, 2.75) is 43.6 Å². The van der Waals surface area contributed by atoms with E-state index in [1.807, 2.05) is 24.3 Å². The van der Waals surface area contributed by atoms with Crippen LogP contribution in [0, 0.1) is 0 Å². The molecule has 1 heterocycles. The van der Waals surface area contributed by atoms with Crippen molar-refractivity contribution in [2.75, 3.05) is 11.9 Å². The van der Waals surface area contributed by atoms with E-state index in [0.717, 1.165) is 47.5 Å². The second kappa shape index (κ2) is 9.29. The number of halogens is 1. The molecule has 6 rings (SSSR count). The highest BCUT2D eigenvalue weighted by Gasteiger charge is 2.43. The first-order chi connectivity index (χ1) is 17.1. The van der Waals surface area contributed by atoms with Gasteiger partial charge in [-0.2, -0.15) is 0 Å². The van der Waals surface area contributed by atoms with E-state index < -0.39 is 5.79 Å². The van der Waals surface area contributed by atoms with Crippen molar-refractivity contribution in [2.24, 2.45) is 0 Å². The number of fused-ring (bicyclic) bond motifs is 3. The largest absolute Gasteiger partial charge is 0.382 e. The van der Waals surface area contributed by atoms with Crippen LogP contribution in [0.15, 0.2) is 85.4 Å². The molecule has 1 aliphatic carbocycles. The maximum absolute atomic E-state index is 6.28. The highest BCUT2D eigenvalue weighted by molar-refractivity contribution is 6.30. The highest BCUT2D eigenvalue weighted by atomic mass is 35.5. The van der Waals surface area contributed by atoms with Crippen LogP contribution in [-0.4, -0.2) is 24.5 Å². The minimum atomic E-state index is -0.672. The van der Waals surface area contributed by atoms with Crippen molar-refractivity contribution in [3.8, 4) is 0 Å². The Kier molecular flexibility index (Phi) is 5.99. The van der Waals surface area contributed by atoms with Crippen molar-refractivity contribution >= 4 is 44.4 Å². The minimum Gasteiger partial charge on any atom is -0.382 e. The molecule has 1 atom stereocenters. The molecule has 1 N–H and O–H groups in total. The lowest BCUT2D eigenvalue weighted by Gasteiger charge is -2.43. The zero-order valence-electron chi connectivity index (χ0n) is 19.5. The summed E-state index contributed by atoms with van der Waals surface area (Å²) in [6.45, 7) is 4.76. The van der Waals surface area contributed by atoms with E-state index in [0.29, 0.717) is 12.6 Å². The standard InChI is InChI=1S/C30H28ClNO3/c1-20(23-9-8-22-7-6-21-4-2-3-5-27(21)28(22)18-23)29-19-33-30(35-34-29)16-14-26(15-17-30)32-25-12-10-24(31)11-13-25/h2-13,18,26,29,32H,1,14-17,19H2. The molecule has 1 saturated heterocycles.